The average Bonchev–Trinajstić information content (AvgIpc) is 3.38. The van der Waals surface area contributed by atoms with Crippen LogP contribution in [0, 0.1) is 6.92 Å². The highest BCUT2D eigenvalue weighted by molar-refractivity contribution is 7.98. The van der Waals surface area contributed by atoms with Crippen LogP contribution in [0.5, 0.6) is 5.75 Å². The molecule has 0 radical (unpaired) electrons. The van der Waals surface area contributed by atoms with Crippen LogP contribution in [-0.4, -0.2) is 15.8 Å². The molecule has 0 amide bonds. The van der Waals surface area contributed by atoms with E-state index in [1.165, 1.54) is 10.5 Å². The number of fused-ring (bicyclic) bond motifs is 1. The van der Waals surface area contributed by atoms with Crippen LogP contribution in [0.2, 0.25) is 0 Å². The Morgan fingerprint density at radius 1 is 1.03 bits per heavy atom. The topological polar surface area (TPSA) is 55.0 Å². The van der Waals surface area contributed by atoms with Crippen LogP contribution >= 0.6 is 11.8 Å². The molecule has 34 heavy (non-hydrogen) atoms. The van der Waals surface area contributed by atoms with Crippen molar-refractivity contribution in [2.24, 2.45) is 0 Å². The fourth-order valence-corrected chi connectivity index (χ4v) is 5.64. The lowest BCUT2D eigenvalue weighted by Gasteiger charge is -2.25. The van der Waals surface area contributed by atoms with E-state index in [0.29, 0.717) is 12.8 Å². The molecule has 3 aromatic carbocycles. The van der Waals surface area contributed by atoms with Crippen LogP contribution in [0.1, 0.15) is 57.4 Å². The van der Waals surface area contributed by atoms with Crippen LogP contribution in [-0.2, 0) is 18.6 Å². The average molecular weight is 469 g/mol. The second-order valence-electron chi connectivity index (χ2n) is 8.66. The maximum absolute atomic E-state index is 12.7. The Bertz CT molecular complexity index is 1270. The number of Topliss-reactive ketones (excluding diaryl/α,β-unsaturated/α-hetero) is 1. The van der Waals surface area contributed by atoms with Gasteiger partial charge in [-0.05, 0) is 54.7 Å². The molecule has 4 nitrogen and oxygen atoms in total. The van der Waals surface area contributed by atoms with Crippen molar-refractivity contribution in [1.82, 2.24) is 9.97 Å². The molecule has 1 aliphatic rings. The number of H-pyrrole nitrogens is 1. The number of aryl methyl sites for hydroxylation is 1. The molecule has 5 heteroatoms. The monoisotopic (exact) mass is 468 g/mol. The number of nitrogens with zero attached hydrogens (tertiary/aromatic N) is 1. The number of thioether (sulfide) groups is 1. The fourth-order valence-electron chi connectivity index (χ4n) is 4.55. The van der Waals surface area contributed by atoms with E-state index in [9.17, 15) is 4.79 Å². The van der Waals surface area contributed by atoms with Crippen molar-refractivity contribution < 1.29 is 9.53 Å². The van der Waals surface area contributed by atoms with Gasteiger partial charge in [0.2, 0.25) is 0 Å². The zero-order chi connectivity index (χ0) is 23.3. The molecule has 0 aliphatic heterocycles. The number of nitrogens with one attached hydrogen (secondary N) is 1. The highest BCUT2D eigenvalue weighted by Gasteiger charge is 2.25. The summed E-state index contributed by atoms with van der Waals surface area (Å²) < 4.78 is 6.74. The Morgan fingerprint density at radius 3 is 2.65 bits per heavy atom. The molecule has 172 valence electrons. The van der Waals surface area contributed by atoms with E-state index in [1.807, 2.05) is 36.5 Å². The zero-order valence-electron chi connectivity index (χ0n) is 19.3. The minimum absolute atomic E-state index is 0.188. The van der Waals surface area contributed by atoms with E-state index in [-0.39, 0.29) is 11.9 Å². The third-order valence-electron chi connectivity index (χ3n) is 6.36. The van der Waals surface area contributed by atoms with Gasteiger partial charge in [0.05, 0.1) is 0 Å². The number of benzene rings is 3. The van der Waals surface area contributed by atoms with E-state index < -0.39 is 0 Å². The van der Waals surface area contributed by atoms with Gasteiger partial charge in [0.25, 0.3) is 0 Å². The van der Waals surface area contributed by atoms with Crippen LogP contribution in [0.15, 0.2) is 84.0 Å². The van der Waals surface area contributed by atoms with Crippen LogP contribution in [0.3, 0.4) is 0 Å². The van der Waals surface area contributed by atoms with Crippen molar-refractivity contribution in [2.45, 2.75) is 49.4 Å². The molecule has 5 rings (SSSR count). The Balaban J connectivity index is 1.51. The van der Waals surface area contributed by atoms with Gasteiger partial charge in [-0.2, -0.15) is 0 Å². The van der Waals surface area contributed by atoms with Gasteiger partial charge in [0.1, 0.15) is 17.7 Å². The molecule has 0 unspecified atom stereocenters. The number of ether oxygens (including phenoxy) is 1. The lowest BCUT2D eigenvalue weighted by molar-refractivity contribution is 0.0972. The van der Waals surface area contributed by atoms with Crippen molar-refractivity contribution in [3.8, 4) is 5.75 Å². The number of hydrogen-bond donors (Lipinski definition) is 1. The maximum atomic E-state index is 12.7. The minimum atomic E-state index is -0.188. The third kappa shape index (κ3) is 4.95. The van der Waals surface area contributed by atoms with Gasteiger partial charge in [0, 0.05) is 47.0 Å². The smallest absolute Gasteiger partial charge is 0.163 e. The van der Waals surface area contributed by atoms with Crippen LogP contribution in [0.4, 0.5) is 0 Å². The summed E-state index contributed by atoms with van der Waals surface area (Å²) in [6.07, 6.45) is 6.49. The molecule has 0 spiro atoms. The molecule has 0 saturated carbocycles. The summed E-state index contributed by atoms with van der Waals surface area (Å²) in [4.78, 5) is 21.6. The molecule has 1 aliphatic carbocycles. The number of rotatable bonds is 8. The Morgan fingerprint density at radius 2 is 1.85 bits per heavy atom. The largest absolute Gasteiger partial charge is 0.485 e. The molecule has 4 aromatic rings. The van der Waals surface area contributed by atoms with Crippen molar-refractivity contribution >= 4 is 17.5 Å². The Kier molecular flexibility index (Phi) is 6.82. The van der Waals surface area contributed by atoms with Gasteiger partial charge in [-0.25, -0.2) is 4.98 Å². The highest BCUT2D eigenvalue weighted by Crippen LogP contribution is 2.38. The molecule has 1 N–H and O–H groups in total. The first-order valence-corrected chi connectivity index (χ1v) is 12.7. The lowest BCUT2D eigenvalue weighted by Crippen LogP contribution is -2.16. The van der Waals surface area contributed by atoms with E-state index in [1.54, 1.807) is 18.0 Å². The van der Waals surface area contributed by atoms with E-state index in [2.05, 4.69) is 53.3 Å². The molecule has 0 bridgehead atoms. The molecule has 0 fully saturated rings. The molecular formula is C29H28N2O2S. The number of aromatic amines is 1. The first-order chi connectivity index (χ1) is 16.7. The standard InChI is InChI=1S/C29H28N2O2S/c1-20-8-5-6-13-28(20)34-19-24-22-11-7-12-25(32)23(22)14-15-26(24)33-27(18-29-30-16-17-31-29)21-9-3-2-4-10-21/h2-6,8-10,13-17,27H,7,11-12,18-19H2,1H3,(H,30,31)/t27-/m0/s1. The van der Waals surface area contributed by atoms with Gasteiger partial charge in [-0.3, -0.25) is 4.79 Å². The maximum Gasteiger partial charge on any atom is 0.163 e. The predicted molar refractivity (Wildman–Crippen MR) is 137 cm³/mol. The van der Waals surface area contributed by atoms with Crippen LogP contribution < -0.4 is 4.74 Å². The van der Waals surface area contributed by atoms with Crippen molar-refractivity contribution in [3.05, 3.63) is 113 Å². The van der Waals surface area contributed by atoms with Gasteiger partial charge in [0.15, 0.2) is 5.78 Å². The normalized spacial score (nSPS) is 14.0. The zero-order valence-corrected chi connectivity index (χ0v) is 20.1. The second-order valence-corrected chi connectivity index (χ2v) is 9.67. The number of carbonyl (C=O) groups excluding carboxylic acids is 1. The first-order valence-electron chi connectivity index (χ1n) is 11.8. The number of hydrogen-bond acceptors (Lipinski definition) is 4. The lowest BCUT2D eigenvalue weighted by atomic mass is 9.87. The number of carbonyl (C=O) groups is 1. The third-order valence-corrected chi connectivity index (χ3v) is 7.56. The van der Waals surface area contributed by atoms with Gasteiger partial charge >= 0.3 is 0 Å². The first kappa shape index (κ1) is 22.5. The van der Waals surface area contributed by atoms with Crippen molar-refractivity contribution in [3.63, 3.8) is 0 Å². The Hall–Kier alpha value is -3.31. The van der Waals surface area contributed by atoms with E-state index in [4.69, 9.17) is 4.74 Å². The summed E-state index contributed by atoms with van der Waals surface area (Å²) in [5, 5.41) is 0. The summed E-state index contributed by atoms with van der Waals surface area (Å²) in [7, 11) is 0. The van der Waals surface area contributed by atoms with Gasteiger partial charge in [-0.15, -0.1) is 11.8 Å². The molecular weight excluding hydrogens is 440 g/mol. The number of aromatic nitrogens is 2. The quantitative estimate of drug-likeness (QED) is 0.286. The molecule has 1 heterocycles. The number of ketones is 1. The Labute approximate surface area is 204 Å². The molecule has 0 saturated heterocycles. The summed E-state index contributed by atoms with van der Waals surface area (Å²) >= 11 is 1.81. The second kappa shape index (κ2) is 10.3. The SMILES string of the molecule is Cc1ccccc1SCc1c(O[C@@H](Cc2ncc[nH]2)c2ccccc2)ccc2c1CCCC2=O. The predicted octanol–water partition coefficient (Wildman–Crippen LogP) is 6.89. The number of imidazole rings is 1. The summed E-state index contributed by atoms with van der Waals surface area (Å²) in [6, 6.07) is 22.7. The fraction of sp³-hybridized carbons (Fsp3) is 0.241. The van der Waals surface area contributed by atoms with E-state index in [0.717, 1.165) is 52.4 Å². The van der Waals surface area contributed by atoms with Gasteiger partial charge < -0.3 is 9.72 Å². The van der Waals surface area contributed by atoms with Crippen molar-refractivity contribution in [1.29, 1.82) is 0 Å². The highest BCUT2D eigenvalue weighted by atomic mass is 32.2. The van der Waals surface area contributed by atoms with Crippen molar-refractivity contribution in [2.75, 3.05) is 0 Å². The molecule has 1 atom stereocenters. The summed E-state index contributed by atoms with van der Waals surface area (Å²) in [5.74, 6) is 2.75. The van der Waals surface area contributed by atoms with Gasteiger partial charge in [-0.1, -0.05) is 48.5 Å². The van der Waals surface area contributed by atoms with Crippen LogP contribution in [0.25, 0.3) is 0 Å². The summed E-state index contributed by atoms with van der Waals surface area (Å²) in [6.45, 7) is 2.14. The molecule has 1 aromatic heterocycles. The summed E-state index contributed by atoms with van der Waals surface area (Å²) in [5.41, 5.74) is 5.51. The minimum Gasteiger partial charge on any atom is -0.485 e. The van der Waals surface area contributed by atoms with E-state index >= 15 is 0 Å².